The zero-order chi connectivity index (χ0) is 38.9. The summed E-state index contributed by atoms with van der Waals surface area (Å²) in [4.78, 5) is 34.3. The SMILES string of the molecule is CC/C=C\C/C=C\C/C=C\C/C=C\C/C=C\CC(=O)OC(COC(=O)CCCCCCCC/C=C\C/C=C\C/C=C\CCCCC)COP(=O)(O)OC. The van der Waals surface area contributed by atoms with E-state index < -0.39 is 32.5 Å². The lowest BCUT2D eigenvalue weighted by atomic mass is 10.1. The van der Waals surface area contributed by atoms with Gasteiger partial charge in [-0.3, -0.25) is 18.6 Å². The first-order valence-electron chi connectivity index (χ1n) is 19.9. The van der Waals surface area contributed by atoms with Gasteiger partial charge in [-0.15, -0.1) is 0 Å². The summed E-state index contributed by atoms with van der Waals surface area (Å²) in [6.45, 7) is 3.63. The number of phosphoric ester groups is 1. The second-order valence-corrected chi connectivity index (χ2v) is 14.3. The first kappa shape index (κ1) is 50.0. The molecule has 0 bridgehead atoms. The van der Waals surface area contributed by atoms with Crippen molar-refractivity contribution in [2.24, 2.45) is 0 Å². The molecule has 0 aliphatic rings. The molecule has 0 spiro atoms. The van der Waals surface area contributed by atoms with Crippen LogP contribution in [0.1, 0.15) is 142 Å². The van der Waals surface area contributed by atoms with Crippen molar-refractivity contribution < 1.29 is 37.6 Å². The molecule has 8 nitrogen and oxygen atoms in total. The van der Waals surface area contributed by atoms with Crippen LogP contribution in [0.5, 0.6) is 0 Å². The van der Waals surface area contributed by atoms with Gasteiger partial charge < -0.3 is 14.4 Å². The van der Waals surface area contributed by atoms with Crippen molar-refractivity contribution >= 4 is 19.8 Å². The van der Waals surface area contributed by atoms with E-state index in [-0.39, 0.29) is 19.4 Å². The number of hydrogen-bond acceptors (Lipinski definition) is 7. The number of carbonyl (C=O) groups excluding carboxylic acids is 2. The average Bonchev–Trinajstić information content (AvgIpc) is 3.15. The number of hydrogen-bond donors (Lipinski definition) is 1. The van der Waals surface area contributed by atoms with E-state index in [2.05, 4.69) is 97.4 Å². The molecule has 0 amide bonds. The maximum atomic E-state index is 12.4. The number of esters is 2. The summed E-state index contributed by atoms with van der Waals surface area (Å²) in [5.41, 5.74) is 0. The van der Waals surface area contributed by atoms with Gasteiger partial charge in [0.25, 0.3) is 0 Å². The number of carbonyl (C=O) groups is 2. The van der Waals surface area contributed by atoms with E-state index >= 15 is 0 Å². The van der Waals surface area contributed by atoms with Crippen LogP contribution >= 0.6 is 7.82 Å². The molecule has 0 radical (unpaired) electrons. The summed E-state index contributed by atoms with van der Waals surface area (Å²) in [6.07, 6.45) is 52.0. The van der Waals surface area contributed by atoms with Crippen molar-refractivity contribution in [2.45, 2.75) is 148 Å². The zero-order valence-corrected chi connectivity index (χ0v) is 34.0. The van der Waals surface area contributed by atoms with Gasteiger partial charge in [0.1, 0.15) is 6.61 Å². The third kappa shape index (κ3) is 38.5. The molecule has 0 aromatic carbocycles. The van der Waals surface area contributed by atoms with Crippen LogP contribution in [0.25, 0.3) is 0 Å². The van der Waals surface area contributed by atoms with Gasteiger partial charge in [-0.05, 0) is 77.0 Å². The van der Waals surface area contributed by atoms with Crippen molar-refractivity contribution in [1.29, 1.82) is 0 Å². The summed E-state index contributed by atoms with van der Waals surface area (Å²) >= 11 is 0. The molecule has 0 saturated heterocycles. The van der Waals surface area contributed by atoms with Crippen LogP contribution in [0.15, 0.2) is 97.2 Å². The predicted octanol–water partition coefficient (Wildman–Crippen LogP) is 12.5. The quantitative estimate of drug-likeness (QED) is 0.0294. The summed E-state index contributed by atoms with van der Waals surface area (Å²) in [5, 5.41) is 0. The predicted molar refractivity (Wildman–Crippen MR) is 220 cm³/mol. The Bertz CT molecular complexity index is 1180. The van der Waals surface area contributed by atoms with Gasteiger partial charge in [-0.2, -0.15) is 0 Å². The third-order valence-electron chi connectivity index (χ3n) is 7.85. The molecular weight excluding hydrogens is 687 g/mol. The Labute approximate surface area is 322 Å². The van der Waals surface area contributed by atoms with Crippen molar-refractivity contribution in [2.75, 3.05) is 20.3 Å². The largest absolute Gasteiger partial charge is 0.472 e. The molecule has 0 aliphatic heterocycles. The van der Waals surface area contributed by atoms with Crippen molar-refractivity contribution in [1.82, 2.24) is 0 Å². The lowest BCUT2D eigenvalue weighted by molar-refractivity contribution is -0.160. The molecule has 0 rings (SSSR count). The van der Waals surface area contributed by atoms with Crippen LogP contribution in [0.2, 0.25) is 0 Å². The summed E-state index contributed by atoms with van der Waals surface area (Å²) in [5.74, 6) is -0.977. The second-order valence-electron chi connectivity index (χ2n) is 12.7. The second kappa shape index (κ2) is 38.7. The Morgan fingerprint density at radius 3 is 1.53 bits per heavy atom. The Hall–Kier alpha value is -3.03. The molecule has 53 heavy (non-hydrogen) atoms. The van der Waals surface area contributed by atoms with Gasteiger partial charge in [-0.1, -0.05) is 150 Å². The van der Waals surface area contributed by atoms with E-state index in [0.717, 1.165) is 84.2 Å². The van der Waals surface area contributed by atoms with E-state index in [4.69, 9.17) is 14.0 Å². The molecular formula is C44H71O8P. The Morgan fingerprint density at radius 2 is 1.02 bits per heavy atom. The Kier molecular flexibility index (Phi) is 36.5. The number of rotatable bonds is 35. The fraction of sp³-hybridized carbons (Fsp3) is 0.591. The standard InChI is InChI=1S/C44H71O8P/c1-4-6-8-10-12-14-16-18-20-21-22-23-25-26-28-30-32-34-36-38-43(45)50-40-42(41-51-53(47,48)49-3)52-44(46)39-37-35-33-31-29-27-24-19-17-15-13-11-9-7-5-2/h7,9,12-15,18-20,22-24,29,31,35,37,42H,4-6,8,10-11,16-17,21,25-28,30,32-34,36,38-41H2,1-3H3,(H,47,48)/b9-7-,14-12-,15-13-,20-18-,23-22-,24-19-,31-29-,37-35-. The van der Waals surface area contributed by atoms with Crippen molar-refractivity contribution in [3.8, 4) is 0 Å². The maximum Gasteiger partial charge on any atom is 0.472 e. The fourth-order valence-electron chi connectivity index (χ4n) is 4.80. The van der Waals surface area contributed by atoms with Gasteiger partial charge in [-0.25, -0.2) is 4.57 Å². The molecule has 0 aromatic rings. The van der Waals surface area contributed by atoms with Crippen molar-refractivity contribution in [3.63, 3.8) is 0 Å². The number of ether oxygens (including phenoxy) is 2. The number of phosphoric acid groups is 1. The molecule has 2 atom stereocenters. The molecule has 9 heteroatoms. The zero-order valence-electron chi connectivity index (χ0n) is 33.1. The molecule has 2 unspecified atom stereocenters. The summed E-state index contributed by atoms with van der Waals surface area (Å²) < 4.78 is 31.8. The van der Waals surface area contributed by atoms with Crippen LogP contribution in [-0.2, 0) is 32.7 Å². The first-order valence-corrected chi connectivity index (χ1v) is 21.4. The minimum atomic E-state index is -4.29. The molecule has 0 fully saturated rings. The van der Waals surface area contributed by atoms with Crippen LogP contribution in [0.4, 0.5) is 0 Å². The lowest BCUT2D eigenvalue weighted by Gasteiger charge is -2.19. The third-order valence-corrected chi connectivity index (χ3v) is 8.78. The van der Waals surface area contributed by atoms with Crippen molar-refractivity contribution in [3.05, 3.63) is 97.2 Å². The van der Waals surface area contributed by atoms with Crippen LogP contribution < -0.4 is 0 Å². The average molecular weight is 759 g/mol. The molecule has 0 saturated carbocycles. The minimum absolute atomic E-state index is 0.00399. The lowest BCUT2D eigenvalue weighted by Crippen LogP contribution is -2.29. The van der Waals surface area contributed by atoms with Crippen LogP contribution in [-0.4, -0.2) is 43.3 Å². The highest BCUT2D eigenvalue weighted by atomic mass is 31.2. The van der Waals surface area contributed by atoms with Crippen LogP contribution in [0.3, 0.4) is 0 Å². The monoisotopic (exact) mass is 758 g/mol. The highest BCUT2D eigenvalue weighted by molar-refractivity contribution is 7.47. The highest BCUT2D eigenvalue weighted by Crippen LogP contribution is 2.42. The smallest absolute Gasteiger partial charge is 0.462 e. The number of allylic oxidation sites excluding steroid dienone is 15. The topological polar surface area (TPSA) is 108 Å². The number of unbranched alkanes of at least 4 members (excludes halogenated alkanes) is 9. The van der Waals surface area contributed by atoms with Gasteiger partial charge >= 0.3 is 19.8 Å². The van der Waals surface area contributed by atoms with Gasteiger partial charge in [0.15, 0.2) is 6.10 Å². The molecule has 0 heterocycles. The molecule has 300 valence electrons. The molecule has 0 aromatic heterocycles. The van der Waals surface area contributed by atoms with Gasteiger partial charge in [0.2, 0.25) is 0 Å². The van der Waals surface area contributed by atoms with E-state index in [1.54, 1.807) is 6.08 Å². The van der Waals surface area contributed by atoms with E-state index in [9.17, 15) is 19.0 Å². The van der Waals surface area contributed by atoms with E-state index in [1.807, 2.05) is 12.2 Å². The normalized spacial score (nSPS) is 14.4. The molecule has 1 N–H and O–H groups in total. The van der Waals surface area contributed by atoms with E-state index in [0.29, 0.717) is 12.8 Å². The minimum Gasteiger partial charge on any atom is -0.462 e. The van der Waals surface area contributed by atoms with E-state index in [1.165, 1.54) is 25.7 Å². The first-order chi connectivity index (χ1) is 25.8. The van der Waals surface area contributed by atoms with Crippen LogP contribution in [0, 0.1) is 0 Å². The Morgan fingerprint density at radius 1 is 0.566 bits per heavy atom. The fourth-order valence-corrected chi connectivity index (χ4v) is 5.26. The highest BCUT2D eigenvalue weighted by Gasteiger charge is 2.24. The Balaban J connectivity index is 4.20. The van der Waals surface area contributed by atoms with Gasteiger partial charge in [0.05, 0.1) is 13.0 Å². The maximum absolute atomic E-state index is 12.4. The van der Waals surface area contributed by atoms with Gasteiger partial charge in [0, 0.05) is 13.5 Å². The summed E-state index contributed by atoms with van der Waals surface area (Å²) in [6, 6.07) is 0. The summed E-state index contributed by atoms with van der Waals surface area (Å²) in [7, 11) is -3.26. The molecule has 0 aliphatic carbocycles.